The summed E-state index contributed by atoms with van der Waals surface area (Å²) in [5, 5.41) is 3.31. The fourth-order valence-corrected chi connectivity index (χ4v) is 0.972. The molecule has 1 rings (SSSR count). The fourth-order valence-electron chi connectivity index (χ4n) is 0.972. The van der Waals surface area contributed by atoms with Crippen LogP contribution in [0.5, 0.6) is 0 Å². The maximum Gasteiger partial charge on any atom is 0.0846 e. The highest BCUT2D eigenvalue weighted by Gasteiger charge is 1.90. The normalized spacial score (nSPS) is 9.55. The van der Waals surface area contributed by atoms with Crippen molar-refractivity contribution in [3.8, 4) is 0 Å². The average molecular weight is 148 g/mol. The van der Waals surface area contributed by atoms with Gasteiger partial charge in [0, 0.05) is 0 Å². The third-order valence-corrected chi connectivity index (χ3v) is 1.69. The Kier molecular flexibility index (Phi) is 2.78. The summed E-state index contributed by atoms with van der Waals surface area (Å²) in [7, 11) is 0. The van der Waals surface area contributed by atoms with Crippen molar-refractivity contribution >= 4 is 0 Å². The first-order chi connectivity index (χ1) is 5.36. The smallest absolute Gasteiger partial charge is 0.0846 e. The van der Waals surface area contributed by atoms with Gasteiger partial charge in [-0.3, -0.25) is 0 Å². The van der Waals surface area contributed by atoms with Crippen LogP contribution in [0, 0.1) is 5.53 Å². The van der Waals surface area contributed by atoms with Crippen LogP contribution in [0.25, 0.3) is 0 Å². The van der Waals surface area contributed by atoms with Gasteiger partial charge in [0.25, 0.3) is 0 Å². The summed E-state index contributed by atoms with van der Waals surface area (Å²) in [4.78, 5) is 0. The number of nitrogens with one attached hydrogen (secondary N) is 1. The minimum Gasteiger partial charge on any atom is -0.210 e. The first kappa shape index (κ1) is 7.92. The molecule has 0 aliphatic carbocycles. The van der Waals surface area contributed by atoms with Crippen LogP contribution in [-0.4, -0.2) is 0 Å². The average Bonchev–Trinajstić information content (AvgIpc) is 2.07. The van der Waals surface area contributed by atoms with Crippen molar-refractivity contribution in [1.82, 2.24) is 0 Å². The Balaban J connectivity index is 2.74. The molecule has 0 fully saturated rings. The van der Waals surface area contributed by atoms with E-state index in [0.717, 1.165) is 12.0 Å². The predicted molar refractivity (Wildman–Crippen MR) is 44.7 cm³/mol. The maximum atomic E-state index is 6.66. The molecule has 0 aliphatic heterocycles. The summed E-state index contributed by atoms with van der Waals surface area (Å²) in [5.74, 6) is 0. The zero-order chi connectivity index (χ0) is 8.10. The van der Waals surface area contributed by atoms with Crippen LogP contribution in [0.15, 0.2) is 29.4 Å². The molecule has 0 aromatic heterocycles. The zero-order valence-electron chi connectivity index (χ0n) is 6.67. The summed E-state index contributed by atoms with van der Waals surface area (Å²) in [6.45, 7) is 2.63. The van der Waals surface area contributed by atoms with Crippen molar-refractivity contribution in [2.24, 2.45) is 5.11 Å². The molecule has 0 saturated carbocycles. The molecule has 0 atom stereocenters. The Morgan fingerprint density at radius 3 is 2.18 bits per heavy atom. The van der Waals surface area contributed by atoms with Gasteiger partial charge >= 0.3 is 0 Å². The Labute approximate surface area is 66.8 Å². The molecule has 0 amide bonds. The zero-order valence-corrected chi connectivity index (χ0v) is 6.67. The van der Waals surface area contributed by atoms with Gasteiger partial charge in [-0.1, -0.05) is 31.2 Å². The van der Waals surface area contributed by atoms with Crippen molar-refractivity contribution in [3.05, 3.63) is 35.4 Å². The van der Waals surface area contributed by atoms with Crippen LogP contribution >= 0.6 is 0 Å². The summed E-state index contributed by atoms with van der Waals surface area (Å²) < 4.78 is 0. The van der Waals surface area contributed by atoms with Gasteiger partial charge < -0.3 is 0 Å². The van der Waals surface area contributed by atoms with E-state index in [2.05, 4.69) is 24.2 Å². The predicted octanol–water partition coefficient (Wildman–Crippen LogP) is 2.78. The quantitative estimate of drug-likeness (QED) is 0.640. The Hall–Kier alpha value is -1.18. The fraction of sp³-hybridized carbons (Fsp3) is 0.333. The lowest BCUT2D eigenvalue weighted by Crippen LogP contribution is -1.82. The second kappa shape index (κ2) is 3.86. The van der Waals surface area contributed by atoms with Crippen LogP contribution in [0.2, 0.25) is 0 Å². The molecule has 0 bridgehead atoms. The van der Waals surface area contributed by atoms with E-state index >= 15 is 0 Å². The number of benzene rings is 1. The van der Waals surface area contributed by atoms with E-state index < -0.39 is 0 Å². The topological polar surface area (TPSA) is 36.2 Å². The lowest BCUT2D eigenvalue weighted by molar-refractivity contribution is 0.906. The van der Waals surface area contributed by atoms with Gasteiger partial charge in [-0.15, -0.1) is 0 Å². The standard InChI is InChI=1S/C9H12N2/c1-2-8-3-5-9(6-4-8)7-11-10/h3-6,10H,2,7H2,1H3. The Morgan fingerprint density at radius 2 is 1.73 bits per heavy atom. The summed E-state index contributed by atoms with van der Waals surface area (Å²) in [6.07, 6.45) is 1.07. The SMILES string of the molecule is CCc1ccc(CN=N)cc1. The number of hydrogen-bond donors (Lipinski definition) is 1. The third-order valence-electron chi connectivity index (χ3n) is 1.69. The van der Waals surface area contributed by atoms with Crippen molar-refractivity contribution in [3.63, 3.8) is 0 Å². The van der Waals surface area contributed by atoms with E-state index in [1.54, 1.807) is 0 Å². The van der Waals surface area contributed by atoms with Crippen LogP contribution in [0.1, 0.15) is 18.1 Å². The number of aryl methyl sites for hydroxylation is 1. The van der Waals surface area contributed by atoms with Crippen molar-refractivity contribution in [2.75, 3.05) is 0 Å². The van der Waals surface area contributed by atoms with E-state index in [9.17, 15) is 0 Å². The molecule has 58 valence electrons. The van der Waals surface area contributed by atoms with Gasteiger partial charge in [0.15, 0.2) is 0 Å². The van der Waals surface area contributed by atoms with Crippen molar-refractivity contribution in [2.45, 2.75) is 19.9 Å². The van der Waals surface area contributed by atoms with Crippen molar-refractivity contribution < 1.29 is 0 Å². The highest BCUT2D eigenvalue weighted by atomic mass is 14.9. The van der Waals surface area contributed by atoms with Gasteiger partial charge in [0.05, 0.1) is 6.54 Å². The lowest BCUT2D eigenvalue weighted by atomic mass is 10.1. The van der Waals surface area contributed by atoms with Gasteiger partial charge in [0.2, 0.25) is 0 Å². The molecule has 0 heterocycles. The number of nitrogens with zero attached hydrogens (tertiary/aromatic N) is 1. The lowest BCUT2D eigenvalue weighted by Gasteiger charge is -1.97. The van der Waals surface area contributed by atoms with Crippen molar-refractivity contribution in [1.29, 1.82) is 5.53 Å². The Bertz CT molecular complexity index is 226. The molecule has 11 heavy (non-hydrogen) atoms. The number of rotatable bonds is 3. The largest absolute Gasteiger partial charge is 0.210 e. The molecule has 0 radical (unpaired) electrons. The van der Waals surface area contributed by atoms with E-state index in [1.807, 2.05) is 12.1 Å². The second-order valence-electron chi connectivity index (χ2n) is 2.49. The number of hydrogen-bond acceptors (Lipinski definition) is 2. The Morgan fingerprint density at radius 1 is 1.18 bits per heavy atom. The third kappa shape index (κ3) is 2.15. The molecule has 1 N–H and O–H groups in total. The van der Waals surface area contributed by atoms with Gasteiger partial charge in [-0.25, -0.2) is 5.53 Å². The first-order valence-corrected chi connectivity index (χ1v) is 3.78. The van der Waals surface area contributed by atoms with E-state index in [4.69, 9.17) is 5.53 Å². The first-order valence-electron chi connectivity index (χ1n) is 3.78. The monoisotopic (exact) mass is 148 g/mol. The van der Waals surface area contributed by atoms with E-state index in [0.29, 0.717) is 6.54 Å². The molecular weight excluding hydrogens is 136 g/mol. The van der Waals surface area contributed by atoms with Gasteiger partial charge in [0.1, 0.15) is 0 Å². The summed E-state index contributed by atoms with van der Waals surface area (Å²) >= 11 is 0. The highest BCUT2D eigenvalue weighted by molar-refractivity contribution is 5.22. The molecule has 2 heteroatoms. The minimum absolute atomic E-state index is 0.504. The van der Waals surface area contributed by atoms with Crippen LogP contribution in [0.4, 0.5) is 0 Å². The molecule has 0 aliphatic rings. The van der Waals surface area contributed by atoms with E-state index in [1.165, 1.54) is 5.56 Å². The molecule has 1 aromatic rings. The minimum atomic E-state index is 0.504. The summed E-state index contributed by atoms with van der Waals surface area (Å²) in [5.41, 5.74) is 9.10. The molecule has 1 aromatic carbocycles. The van der Waals surface area contributed by atoms with Gasteiger partial charge in [-0.05, 0) is 17.5 Å². The molecule has 2 nitrogen and oxygen atoms in total. The molecule has 0 saturated heterocycles. The summed E-state index contributed by atoms with van der Waals surface area (Å²) in [6, 6.07) is 8.22. The van der Waals surface area contributed by atoms with Crippen LogP contribution in [0.3, 0.4) is 0 Å². The highest BCUT2D eigenvalue weighted by Crippen LogP contribution is 2.05. The molecule has 0 spiro atoms. The van der Waals surface area contributed by atoms with E-state index in [-0.39, 0.29) is 0 Å². The maximum absolute atomic E-state index is 6.66. The second-order valence-corrected chi connectivity index (χ2v) is 2.49. The molecule has 0 unspecified atom stereocenters. The van der Waals surface area contributed by atoms with Crippen LogP contribution < -0.4 is 0 Å². The molecular formula is C9H12N2. The van der Waals surface area contributed by atoms with Gasteiger partial charge in [-0.2, -0.15) is 5.11 Å². The van der Waals surface area contributed by atoms with Crippen LogP contribution in [-0.2, 0) is 13.0 Å².